The van der Waals surface area contributed by atoms with Crippen LogP contribution in [0.4, 0.5) is 22.0 Å². The molecule has 1 saturated carbocycles. The van der Waals surface area contributed by atoms with Gasteiger partial charge in [0, 0.05) is 18.5 Å². The summed E-state index contributed by atoms with van der Waals surface area (Å²) in [6, 6.07) is 8.42. The monoisotopic (exact) mass is 505 g/mol. The second-order valence-corrected chi connectivity index (χ2v) is 9.05. The highest BCUT2D eigenvalue weighted by Gasteiger charge is 2.49. The van der Waals surface area contributed by atoms with Crippen LogP contribution in [0.5, 0.6) is 0 Å². The van der Waals surface area contributed by atoms with Gasteiger partial charge in [-0.15, -0.1) is 0 Å². The molecule has 1 fully saturated rings. The summed E-state index contributed by atoms with van der Waals surface area (Å²) in [5.41, 5.74) is -2.17. The Labute approximate surface area is 201 Å². The molecule has 6 nitrogen and oxygen atoms in total. The minimum absolute atomic E-state index is 0.0202. The van der Waals surface area contributed by atoms with Gasteiger partial charge in [-0.2, -0.15) is 13.2 Å². The lowest BCUT2D eigenvalue weighted by Gasteiger charge is -2.30. The fraction of sp³-hybridized carbons (Fsp3) is 0.320. The number of H-pyrrole nitrogens is 1. The second-order valence-electron chi connectivity index (χ2n) is 9.05. The van der Waals surface area contributed by atoms with Gasteiger partial charge in [0.1, 0.15) is 17.5 Å². The van der Waals surface area contributed by atoms with Crippen molar-refractivity contribution >= 4 is 5.91 Å². The topological polar surface area (TPSA) is 86.3 Å². The minimum Gasteiger partial charge on any atom is -0.378 e. The van der Waals surface area contributed by atoms with E-state index in [0.29, 0.717) is 36.0 Å². The van der Waals surface area contributed by atoms with Gasteiger partial charge >= 0.3 is 6.18 Å². The maximum absolute atomic E-state index is 14.4. The van der Waals surface area contributed by atoms with Crippen LogP contribution in [0.1, 0.15) is 52.7 Å². The Morgan fingerprint density at radius 1 is 1.14 bits per heavy atom. The highest BCUT2D eigenvalue weighted by Crippen LogP contribution is 2.52. The Hall–Kier alpha value is -3.60. The maximum atomic E-state index is 14.4. The highest BCUT2D eigenvalue weighted by atomic mass is 19.4. The van der Waals surface area contributed by atoms with Gasteiger partial charge in [0.2, 0.25) is 0 Å². The van der Waals surface area contributed by atoms with E-state index < -0.39 is 51.9 Å². The van der Waals surface area contributed by atoms with Crippen LogP contribution in [0.2, 0.25) is 0 Å². The first-order valence-corrected chi connectivity index (χ1v) is 11.2. The van der Waals surface area contributed by atoms with Crippen LogP contribution in [0, 0.1) is 11.6 Å². The fourth-order valence-electron chi connectivity index (χ4n) is 4.70. The molecule has 3 aromatic rings. The highest BCUT2D eigenvalue weighted by molar-refractivity contribution is 5.82. The largest absolute Gasteiger partial charge is 0.419 e. The summed E-state index contributed by atoms with van der Waals surface area (Å²) < 4.78 is 67.3. The summed E-state index contributed by atoms with van der Waals surface area (Å²) in [5.74, 6) is -2.74. The van der Waals surface area contributed by atoms with E-state index in [1.165, 1.54) is 12.1 Å². The van der Waals surface area contributed by atoms with Gasteiger partial charge in [0.05, 0.1) is 28.8 Å². The van der Waals surface area contributed by atoms with Crippen molar-refractivity contribution in [3.05, 3.63) is 98.2 Å². The first-order valence-electron chi connectivity index (χ1n) is 11.2. The number of carbonyl (C=O) groups is 1. The van der Waals surface area contributed by atoms with E-state index in [-0.39, 0.29) is 25.1 Å². The number of aliphatic hydroxyl groups excluding tert-OH is 1. The fourth-order valence-corrected chi connectivity index (χ4v) is 4.70. The molecule has 1 amide bonds. The number of halogens is 5. The molecule has 1 unspecified atom stereocenters. The molecule has 1 aromatic heterocycles. The van der Waals surface area contributed by atoms with E-state index in [0.717, 1.165) is 17.0 Å². The summed E-state index contributed by atoms with van der Waals surface area (Å²) in [5, 5.41) is 10.4. The molecule has 1 atom stereocenters. The third kappa shape index (κ3) is 4.06. The molecule has 0 saturated heterocycles. The first kappa shape index (κ1) is 24.1. The Bertz CT molecular complexity index is 1410. The van der Waals surface area contributed by atoms with Gasteiger partial charge in [-0.1, -0.05) is 24.3 Å². The number of hydrogen-bond donors (Lipinski definition) is 2. The Morgan fingerprint density at radius 3 is 2.53 bits per heavy atom. The van der Waals surface area contributed by atoms with Crippen molar-refractivity contribution < 1.29 is 31.9 Å². The average molecular weight is 505 g/mol. The number of carbonyl (C=O) groups excluding carboxylic acids is 1. The zero-order chi connectivity index (χ0) is 25.8. The van der Waals surface area contributed by atoms with E-state index >= 15 is 0 Å². The molecule has 36 heavy (non-hydrogen) atoms. The smallest absolute Gasteiger partial charge is 0.378 e. The quantitative estimate of drug-likeness (QED) is 0.529. The van der Waals surface area contributed by atoms with Gasteiger partial charge in [0.15, 0.2) is 6.10 Å². The number of alkyl halides is 3. The standard InChI is InChI=1S/C25H20F5N3O3/c26-14-4-1-3-13(11-14)24(8-9-24)23-31-18-7-10-33(12-16(18)21(35)32-23)22(36)20(34)15-5-2-6-17(19(15)27)25(28,29)30/h1-6,11,20,34H,7-10,12H2,(H,31,32,35). The van der Waals surface area contributed by atoms with Crippen LogP contribution >= 0.6 is 0 Å². The molecular formula is C25H20F5N3O3. The van der Waals surface area contributed by atoms with Crippen molar-refractivity contribution in [2.75, 3.05) is 6.54 Å². The molecule has 5 rings (SSSR count). The molecule has 11 heteroatoms. The molecule has 1 aliphatic heterocycles. The number of nitrogens with one attached hydrogen (secondary N) is 1. The Kier molecular flexibility index (Phi) is 5.70. The number of fused-ring (bicyclic) bond motifs is 1. The van der Waals surface area contributed by atoms with Gasteiger partial charge in [-0.3, -0.25) is 9.59 Å². The van der Waals surface area contributed by atoms with Crippen LogP contribution in [0.3, 0.4) is 0 Å². The van der Waals surface area contributed by atoms with Gasteiger partial charge in [-0.25, -0.2) is 13.8 Å². The number of aliphatic hydroxyl groups is 1. The van der Waals surface area contributed by atoms with Gasteiger partial charge < -0.3 is 15.0 Å². The molecule has 188 valence electrons. The summed E-state index contributed by atoms with van der Waals surface area (Å²) in [6.45, 7) is -0.228. The first-order chi connectivity index (χ1) is 17.0. The molecule has 0 radical (unpaired) electrons. The molecular weight excluding hydrogens is 485 g/mol. The molecule has 0 spiro atoms. The summed E-state index contributed by atoms with van der Waals surface area (Å²) in [7, 11) is 0. The van der Waals surface area contributed by atoms with Crippen molar-refractivity contribution in [1.82, 2.24) is 14.9 Å². The average Bonchev–Trinajstić information content (AvgIpc) is 3.65. The molecule has 0 bridgehead atoms. The third-order valence-corrected chi connectivity index (χ3v) is 6.82. The van der Waals surface area contributed by atoms with Crippen LogP contribution in [-0.2, 0) is 29.4 Å². The van der Waals surface area contributed by atoms with E-state index in [2.05, 4.69) is 9.97 Å². The SMILES string of the molecule is O=C(C(O)c1cccc(C(F)(F)F)c1F)N1CCc2nc(C3(c4cccc(F)c4)CC3)[nH]c(=O)c2C1. The second kappa shape index (κ2) is 8.51. The van der Waals surface area contributed by atoms with Gasteiger partial charge in [0.25, 0.3) is 11.5 Å². The lowest BCUT2D eigenvalue weighted by Crippen LogP contribution is -2.42. The maximum Gasteiger partial charge on any atom is 0.419 e. The van der Waals surface area contributed by atoms with Crippen LogP contribution in [-0.4, -0.2) is 32.4 Å². The number of hydrogen-bond acceptors (Lipinski definition) is 4. The zero-order valence-electron chi connectivity index (χ0n) is 18.7. The van der Waals surface area contributed by atoms with Crippen LogP contribution in [0.15, 0.2) is 47.3 Å². The minimum atomic E-state index is -4.99. The Balaban J connectivity index is 1.40. The number of aromatic nitrogens is 2. The molecule has 1 aliphatic carbocycles. The summed E-state index contributed by atoms with van der Waals surface area (Å²) in [6.07, 6.45) is -5.67. The lowest BCUT2D eigenvalue weighted by atomic mass is 9.94. The number of rotatable bonds is 4. The van der Waals surface area contributed by atoms with E-state index in [1.807, 2.05) is 0 Å². The zero-order valence-corrected chi connectivity index (χ0v) is 18.7. The van der Waals surface area contributed by atoms with E-state index in [1.54, 1.807) is 12.1 Å². The van der Waals surface area contributed by atoms with Crippen molar-refractivity contribution in [3.63, 3.8) is 0 Å². The van der Waals surface area contributed by atoms with Gasteiger partial charge in [-0.05, 0) is 36.6 Å². The molecule has 2 aliphatic rings. The number of benzene rings is 2. The predicted octanol–water partition coefficient (Wildman–Crippen LogP) is 3.77. The van der Waals surface area contributed by atoms with Crippen LogP contribution < -0.4 is 5.56 Å². The number of nitrogens with zero attached hydrogens (tertiary/aromatic N) is 2. The summed E-state index contributed by atoms with van der Waals surface area (Å²) in [4.78, 5) is 34.2. The summed E-state index contributed by atoms with van der Waals surface area (Å²) >= 11 is 0. The van der Waals surface area contributed by atoms with Crippen molar-refractivity contribution in [3.8, 4) is 0 Å². The van der Waals surface area contributed by atoms with Crippen molar-refractivity contribution in [2.24, 2.45) is 0 Å². The molecule has 2 aromatic carbocycles. The normalized spacial score (nSPS) is 17.4. The Morgan fingerprint density at radius 2 is 1.86 bits per heavy atom. The number of aromatic amines is 1. The van der Waals surface area contributed by atoms with Crippen molar-refractivity contribution in [1.29, 1.82) is 0 Å². The molecule has 2 heterocycles. The third-order valence-electron chi connectivity index (χ3n) is 6.82. The van der Waals surface area contributed by atoms with Crippen molar-refractivity contribution in [2.45, 2.75) is 43.5 Å². The molecule has 2 N–H and O–H groups in total. The van der Waals surface area contributed by atoms with E-state index in [4.69, 9.17) is 0 Å². The lowest BCUT2D eigenvalue weighted by molar-refractivity contribution is -0.143. The van der Waals surface area contributed by atoms with Crippen LogP contribution in [0.25, 0.3) is 0 Å². The number of amides is 1. The predicted molar refractivity (Wildman–Crippen MR) is 117 cm³/mol. The van der Waals surface area contributed by atoms with E-state index in [9.17, 15) is 36.6 Å².